The van der Waals surface area contributed by atoms with E-state index in [9.17, 15) is 9.90 Å². The molecule has 6 heteroatoms. The summed E-state index contributed by atoms with van der Waals surface area (Å²) in [4.78, 5) is 17.1. The number of aliphatic hydroxyl groups excluding tert-OH is 1. The van der Waals surface area contributed by atoms with Gasteiger partial charge in [-0.15, -0.1) is 0 Å². The van der Waals surface area contributed by atoms with Gasteiger partial charge in [0.1, 0.15) is 5.52 Å². The lowest BCUT2D eigenvalue weighted by molar-refractivity contribution is -0.116. The van der Waals surface area contributed by atoms with Crippen molar-refractivity contribution in [3.63, 3.8) is 0 Å². The highest BCUT2D eigenvalue weighted by molar-refractivity contribution is 7.99. The number of nitrogens with one attached hydrogen (secondary N) is 1. The van der Waals surface area contributed by atoms with E-state index in [1.807, 2.05) is 18.2 Å². The highest BCUT2D eigenvalue weighted by atomic mass is 32.2. The first-order valence-corrected chi connectivity index (χ1v) is 12.4. The Bertz CT molecular complexity index is 1020. The van der Waals surface area contributed by atoms with E-state index in [0.717, 1.165) is 41.8 Å². The number of fused-ring (bicyclic) bond motifs is 1. The summed E-state index contributed by atoms with van der Waals surface area (Å²) in [6.45, 7) is 8.59. The second-order valence-electron chi connectivity index (χ2n) is 8.73. The van der Waals surface area contributed by atoms with Gasteiger partial charge in [0.15, 0.2) is 5.58 Å². The number of anilines is 1. The molecule has 0 radical (unpaired) electrons. The van der Waals surface area contributed by atoms with Crippen molar-refractivity contribution in [3.05, 3.63) is 53.1 Å². The molecule has 0 saturated carbocycles. The minimum atomic E-state index is -0.0565. The van der Waals surface area contributed by atoms with Gasteiger partial charge >= 0.3 is 0 Å². The number of oxazole rings is 1. The van der Waals surface area contributed by atoms with E-state index in [0.29, 0.717) is 29.1 Å². The summed E-state index contributed by atoms with van der Waals surface area (Å²) in [6, 6.07) is 11.9. The summed E-state index contributed by atoms with van der Waals surface area (Å²) < 4.78 is 5.79. The van der Waals surface area contributed by atoms with Crippen molar-refractivity contribution < 1.29 is 14.3 Å². The summed E-state index contributed by atoms with van der Waals surface area (Å²) in [5.41, 5.74) is 5.59. The summed E-state index contributed by atoms with van der Waals surface area (Å²) >= 11 is 1.58. The highest BCUT2D eigenvalue weighted by Gasteiger charge is 2.16. The van der Waals surface area contributed by atoms with E-state index in [1.54, 1.807) is 11.8 Å². The van der Waals surface area contributed by atoms with Gasteiger partial charge in [0, 0.05) is 23.4 Å². The average Bonchev–Trinajstić information content (AvgIpc) is 3.19. The first kappa shape index (κ1) is 24.3. The van der Waals surface area contributed by atoms with Gasteiger partial charge in [0.2, 0.25) is 5.91 Å². The zero-order chi connectivity index (χ0) is 23.1. The minimum absolute atomic E-state index is 0.0565. The number of para-hydroxylation sites is 2. The molecule has 0 unspecified atom stereocenters. The second-order valence-corrected chi connectivity index (χ2v) is 9.78. The summed E-state index contributed by atoms with van der Waals surface area (Å²) in [5.74, 6) is 1.70. The summed E-state index contributed by atoms with van der Waals surface area (Å²) in [5, 5.41) is 13.2. The van der Waals surface area contributed by atoms with Gasteiger partial charge in [-0.05, 0) is 41.9 Å². The Morgan fingerprint density at radius 3 is 2.38 bits per heavy atom. The molecule has 3 aromatic rings. The van der Waals surface area contributed by atoms with Crippen LogP contribution in [-0.4, -0.2) is 21.8 Å². The number of thioether (sulfide) groups is 1. The lowest BCUT2D eigenvalue weighted by atomic mass is 9.92. The van der Waals surface area contributed by atoms with Crippen LogP contribution in [0.15, 0.2) is 46.0 Å². The Hall–Kier alpha value is -2.31. The smallest absolute Gasteiger partial charge is 0.256 e. The van der Waals surface area contributed by atoms with Gasteiger partial charge in [0.05, 0.1) is 6.61 Å². The quantitative estimate of drug-likeness (QED) is 0.244. The largest absolute Gasteiger partial charge is 0.431 e. The average molecular weight is 455 g/mol. The number of aliphatic hydroxyl groups is 1. The summed E-state index contributed by atoms with van der Waals surface area (Å²) in [6.07, 6.45) is 3.35. The standard InChI is InChI=1S/C26H34N2O3S/c1-17(2)20-11-9-12-21(18(3)4)24(20)28-23(30)14-6-5-7-15-32-26-27-22-13-8-10-19(16-29)25(22)31-26/h8-13,17-18,29H,5-7,14-16H2,1-4H3,(H,28,30). The lowest BCUT2D eigenvalue weighted by Gasteiger charge is -2.20. The van der Waals surface area contributed by atoms with Gasteiger partial charge in [-0.3, -0.25) is 4.79 Å². The first-order valence-electron chi connectivity index (χ1n) is 11.5. The normalized spacial score (nSPS) is 11.6. The van der Waals surface area contributed by atoms with Crippen molar-refractivity contribution in [1.82, 2.24) is 4.98 Å². The Kier molecular flexibility index (Phi) is 8.76. The van der Waals surface area contributed by atoms with Crippen LogP contribution in [0.3, 0.4) is 0 Å². The molecule has 3 rings (SSSR count). The van der Waals surface area contributed by atoms with E-state index < -0.39 is 0 Å². The Labute approximate surface area is 195 Å². The third-order valence-electron chi connectivity index (χ3n) is 5.56. The van der Waals surface area contributed by atoms with Crippen molar-refractivity contribution in [2.75, 3.05) is 11.1 Å². The number of unbranched alkanes of at least 4 members (excludes halogenated alkanes) is 2. The third-order valence-corrected chi connectivity index (χ3v) is 6.47. The van der Waals surface area contributed by atoms with Crippen molar-refractivity contribution in [3.8, 4) is 0 Å². The van der Waals surface area contributed by atoms with Crippen LogP contribution in [0, 0.1) is 0 Å². The van der Waals surface area contributed by atoms with Crippen molar-refractivity contribution >= 4 is 34.5 Å². The molecule has 0 aliphatic carbocycles. The molecule has 1 aromatic heterocycles. The molecule has 5 nitrogen and oxygen atoms in total. The maximum absolute atomic E-state index is 12.6. The number of nitrogens with zero attached hydrogens (tertiary/aromatic N) is 1. The Balaban J connectivity index is 1.44. The monoisotopic (exact) mass is 454 g/mol. The predicted molar refractivity (Wildman–Crippen MR) is 132 cm³/mol. The van der Waals surface area contributed by atoms with Crippen molar-refractivity contribution in [2.45, 2.75) is 77.0 Å². The molecule has 0 bridgehead atoms. The third kappa shape index (κ3) is 6.14. The zero-order valence-electron chi connectivity index (χ0n) is 19.5. The molecule has 0 saturated heterocycles. The predicted octanol–water partition coefficient (Wildman–Crippen LogP) is 6.86. The van der Waals surface area contributed by atoms with Crippen molar-refractivity contribution in [1.29, 1.82) is 0 Å². The maximum atomic E-state index is 12.6. The van der Waals surface area contributed by atoms with Gasteiger partial charge < -0.3 is 14.8 Å². The van der Waals surface area contributed by atoms with Crippen LogP contribution >= 0.6 is 11.8 Å². The fourth-order valence-electron chi connectivity index (χ4n) is 3.79. The highest BCUT2D eigenvalue weighted by Crippen LogP contribution is 2.32. The maximum Gasteiger partial charge on any atom is 0.256 e. The molecule has 1 heterocycles. The molecule has 0 aliphatic heterocycles. The van der Waals surface area contributed by atoms with Gasteiger partial charge in [-0.1, -0.05) is 76.2 Å². The van der Waals surface area contributed by atoms with Crippen LogP contribution in [0.5, 0.6) is 0 Å². The summed E-state index contributed by atoms with van der Waals surface area (Å²) in [7, 11) is 0. The SMILES string of the molecule is CC(C)c1cccc(C(C)C)c1NC(=O)CCCCCSc1nc2cccc(CO)c2o1. The van der Waals surface area contributed by atoms with Crippen LogP contribution in [0.4, 0.5) is 5.69 Å². The van der Waals surface area contributed by atoms with Crippen LogP contribution < -0.4 is 5.32 Å². The van der Waals surface area contributed by atoms with E-state index >= 15 is 0 Å². The first-order chi connectivity index (χ1) is 15.4. The Morgan fingerprint density at radius 1 is 1.03 bits per heavy atom. The number of benzene rings is 2. The van der Waals surface area contributed by atoms with Crippen LogP contribution in [0.2, 0.25) is 0 Å². The molecule has 1 amide bonds. The number of rotatable bonds is 11. The molecule has 2 aromatic carbocycles. The molecule has 2 N–H and O–H groups in total. The number of amides is 1. The van der Waals surface area contributed by atoms with Crippen LogP contribution in [0.25, 0.3) is 11.1 Å². The minimum Gasteiger partial charge on any atom is -0.431 e. The zero-order valence-corrected chi connectivity index (χ0v) is 20.3. The fourth-order valence-corrected chi connectivity index (χ4v) is 4.62. The van der Waals surface area contributed by atoms with Crippen LogP contribution in [0.1, 0.15) is 81.9 Å². The number of carbonyl (C=O) groups excluding carboxylic acids is 1. The Morgan fingerprint density at radius 2 is 1.72 bits per heavy atom. The topological polar surface area (TPSA) is 75.4 Å². The van der Waals surface area contributed by atoms with Crippen molar-refractivity contribution in [2.24, 2.45) is 0 Å². The molecule has 172 valence electrons. The van der Waals surface area contributed by atoms with E-state index in [-0.39, 0.29) is 12.5 Å². The van der Waals surface area contributed by atoms with E-state index in [1.165, 1.54) is 11.1 Å². The lowest BCUT2D eigenvalue weighted by Crippen LogP contribution is -2.15. The molecular formula is C26H34N2O3S. The molecular weight excluding hydrogens is 420 g/mol. The van der Waals surface area contributed by atoms with Gasteiger partial charge in [-0.2, -0.15) is 0 Å². The number of hydrogen-bond acceptors (Lipinski definition) is 5. The molecule has 0 aliphatic rings. The van der Waals surface area contributed by atoms with Gasteiger partial charge in [0.25, 0.3) is 5.22 Å². The number of carbonyl (C=O) groups is 1. The molecule has 0 atom stereocenters. The number of aromatic nitrogens is 1. The van der Waals surface area contributed by atoms with Gasteiger partial charge in [-0.25, -0.2) is 4.98 Å². The van der Waals surface area contributed by atoms with Crippen LogP contribution in [-0.2, 0) is 11.4 Å². The molecule has 0 spiro atoms. The fraction of sp³-hybridized carbons (Fsp3) is 0.462. The van der Waals surface area contributed by atoms with E-state index in [2.05, 4.69) is 56.2 Å². The molecule has 32 heavy (non-hydrogen) atoms. The number of hydrogen-bond donors (Lipinski definition) is 2. The van der Waals surface area contributed by atoms with E-state index in [4.69, 9.17) is 4.42 Å². The molecule has 0 fully saturated rings. The second kappa shape index (κ2) is 11.5.